The van der Waals surface area contributed by atoms with E-state index >= 15 is 0 Å². The van der Waals surface area contributed by atoms with Gasteiger partial charge in [0.1, 0.15) is 9.84 Å². The molecule has 0 aromatic heterocycles. The maximum absolute atomic E-state index is 12.6. The van der Waals surface area contributed by atoms with Gasteiger partial charge in [0, 0.05) is 13.1 Å². The quantitative estimate of drug-likeness (QED) is 0.834. The van der Waals surface area contributed by atoms with Crippen molar-refractivity contribution in [2.45, 2.75) is 44.1 Å². The first kappa shape index (κ1) is 18.9. The van der Waals surface area contributed by atoms with Crippen molar-refractivity contribution in [3.05, 3.63) is 35.4 Å². The normalized spacial score (nSPS) is 21.0. The molecule has 1 saturated carbocycles. The number of hydrogen-bond donors (Lipinski definition) is 1. The van der Waals surface area contributed by atoms with Crippen LogP contribution < -0.4 is 5.32 Å². The fourth-order valence-corrected chi connectivity index (χ4v) is 5.03. The number of aryl methyl sites for hydroxylation is 1. The molecule has 2 fully saturated rings. The molecule has 1 aliphatic carbocycles. The average Bonchev–Trinajstić information content (AvgIpc) is 3.41. The highest BCUT2D eigenvalue weighted by Gasteiger charge is 2.51. The molecular weight excluding hydrogens is 352 g/mol. The zero-order chi connectivity index (χ0) is 18.9. The van der Waals surface area contributed by atoms with Crippen molar-refractivity contribution >= 4 is 21.7 Å². The van der Waals surface area contributed by atoms with Gasteiger partial charge in [-0.1, -0.05) is 29.8 Å². The number of benzene rings is 1. The molecule has 1 aromatic rings. The fourth-order valence-electron chi connectivity index (χ4n) is 3.56. The summed E-state index contributed by atoms with van der Waals surface area (Å²) in [5.41, 5.74) is 1.65. The number of sulfone groups is 1. The summed E-state index contributed by atoms with van der Waals surface area (Å²) in [6.07, 6.45) is 2.52. The Morgan fingerprint density at radius 1 is 1.15 bits per heavy atom. The SMILES string of the molecule is Cc1ccc(C2(C(=O)NCC(=O)N(C)C3CCS(=O)(=O)CC3)CC2)cc1. The molecule has 7 heteroatoms. The van der Waals surface area contributed by atoms with Crippen LogP contribution in [0.2, 0.25) is 0 Å². The molecule has 1 aliphatic heterocycles. The van der Waals surface area contributed by atoms with Crippen LogP contribution in [0.3, 0.4) is 0 Å². The zero-order valence-electron chi connectivity index (χ0n) is 15.3. The van der Waals surface area contributed by atoms with Gasteiger partial charge in [0.2, 0.25) is 11.8 Å². The lowest BCUT2D eigenvalue weighted by molar-refractivity contribution is -0.134. The van der Waals surface area contributed by atoms with E-state index in [2.05, 4.69) is 5.32 Å². The molecule has 1 heterocycles. The van der Waals surface area contributed by atoms with Crippen molar-refractivity contribution in [1.29, 1.82) is 0 Å². The van der Waals surface area contributed by atoms with Gasteiger partial charge in [0.25, 0.3) is 0 Å². The summed E-state index contributed by atoms with van der Waals surface area (Å²) < 4.78 is 23.0. The zero-order valence-corrected chi connectivity index (χ0v) is 16.1. The molecule has 6 nitrogen and oxygen atoms in total. The minimum Gasteiger partial charge on any atom is -0.346 e. The first-order chi connectivity index (χ1) is 12.2. The molecule has 26 heavy (non-hydrogen) atoms. The van der Waals surface area contributed by atoms with Crippen LogP contribution in [-0.4, -0.2) is 56.3 Å². The van der Waals surface area contributed by atoms with Gasteiger partial charge in [-0.3, -0.25) is 9.59 Å². The number of likely N-dealkylation sites (N-methyl/N-ethyl adjacent to an activating group) is 1. The Kier molecular flexibility index (Phi) is 5.10. The molecule has 2 amide bonds. The van der Waals surface area contributed by atoms with Crippen molar-refractivity contribution in [2.24, 2.45) is 0 Å². The van der Waals surface area contributed by atoms with E-state index < -0.39 is 15.3 Å². The Balaban J connectivity index is 1.54. The highest BCUT2D eigenvalue weighted by Crippen LogP contribution is 2.48. The topological polar surface area (TPSA) is 83.6 Å². The van der Waals surface area contributed by atoms with Crippen molar-refractivity contribution in [3.8, 4) is 0 Å². The van der Waals surface area contributed by atoms with Gasteiger partial charge in [0.05, 0.1) is 23.5 Å². The number of amides is 2. The third kappa shape index (κ3) is 3.92. The summed E-state index contributed by atoms with van der Waals surface area (Å²) in [4.78, 5) is 26.6. The lowest BCUT2D eigenvalue weighted by atomic mass is 9.94. The van der Waals surface area contributed by atoms with E-state index in [1.807, 2.05) is 31.2 Å². The molecule has 142 valence electrons. The molecule has 0 radical (unpaired) electrons. The first-order valence-corrected chi connectivity index (χ1v) is 10.9. The monoisotopic (exact) mass is 378 g/mol. The highest BCUT2D eigenvalue weighted by atomic mass is 32.2. The lowest BCUT2D eigenvalue weighted by Gasteiger charge is -2.31. The summed E-state index contributed by atoms with van der Waals surface area (Å²) >= 11 is 0. The van der Waals surface area contributed by atoms with Gasteiger partial charge in [-0.2, -0.15) is 0 Å². The van der Waals surface area contributed by atoms with Gasteiger partial charge in [-0.05, 0) is 38.2 Å². The second kappa shape index (κ2) is 7.02. The van der Waals surface area contributed by atoms with E-state index in [-0.39, 0.29) is 35.9 Å². The van der Waals surface area contributed by atoms with E-state index in [4.69, 9.17) is 0 Å². The molecule has 2 aliphatic rings. The van der Waals surface area contributed by atoms with Crippen LogP contribution in [-0.2, 0) is 24.8 Å². The molecule has 3 rings (SSSR count). The first-order valence-electron chi connectivity index (χ1n) is 9.05. The number of nitrogens with zero attached hydrogens (tertiary/aromatic N) is 1. The van der Waals surface area contributed by atoms with E-state index in [1.54, 1.807) is 11.9 Å². The van der Waals surface area contributed by atoms with Crippen molar-refractivity contribution < 1.29 is 18.0 Å². The Morgan fingerprint density at radius 2 is 1.73 bits per heavy atom. The largest absolute Gasteiger partial charge is 0.346 e. The molecule has 1 aromatic carbocycles. The second-order valence-corrected chi connectivity index (χ2v) is 9.82. The molecule has 1 saturated heterocycles. The average molecular weight is 378 g/mol. The molecule has 0 spiro atoms. The predicted molar refractivity (Wildman–Crippen MR) is 99.5 cm³/mol. The Labute approximate surface area is 154 Å². The molecule has 0 unspecified atom stereocenters. The summed E-state index contributed by atoms with van der Waals surface area (Å²) in [5.74, 6) is -0.0345. The summed E-state index contributed by atoms with van der Waals surface area (Å²) in [6.45, 7) is 1.96. The molecule has 0 bridgehead atoms. The number of hydrogen-bond acceptors (Lipinski definition) is 4. The minimum atomic E-state index is -2.95. The van der Waals surface area contributed by atoms with Crippen LogP contribution in [0.15, 0.2) is 24.3 Å². The Bertz CT molecular complexity index is 783. The predicted octanol–water partition coefficient (Wildman–Crippen LogP) is 1.18. The van der Waals surface area contributed by atoms with Crippen LogP contribution in [0.5, 0.6) is 0 Å². The standard InChI is InChI=1S/C19H26N2O4S/c1-14-3-5-15(6-4-14)19(9-10-19)18(23)20-13-17(22)21(2)16-7-11-26(24,25)12-8-16/h3-6,16H,7-13H2,1-2H3,(H,20,23). The van der Waals surface area contributed by atoms with E-state index in [0.717, 1.165) is 24.0 Å². The van der Waals surface area contributed by atoms with E-state index in [1.165, 1.54) is 0 Å². The lowest BCUT2D eigenvalue weighted by Crippen LogP contribution is -2.47. The van der Waals surface area contributed by atoms with E-state index in [9.17, 15) is 18.0 Å². The highest BCUT2D eigenvalue weighted by molar-refractivity contribution is 7.91. The van der Waals surface area contributed by atoms with Crippen LogP contribution in [0.25, 0.3) is 0 Å². The van der Waals surface area contributed by atoms with Gasteiger partial charge in [-0.15, -0.1) is 0 Å². The van der Waals surface area contributed by atoms with Crippen LogP contribution >= 0.6 is 0 Å². The van der Waals surface area contributed by atoms with Crippen molar-refractivity contribution in [2.75, 3.05) is 25.1 Å². The summed E-state index contributed by atoms with van der Waals surface area (Å²) in [6, 6.07) is 7.89. The molecule has 1 N–H and O–H groups in total. The van der Waals surface area contributed by atoms with E-state index in [0.29, 0.717) is 12.8 Å². The van der Waals surface area contributed by atoms with Crippen molar-refractivity contribution in [3.63, 3.8) is 0 Å². The van der Waals surface area contributed by atoms with Crippen LogP contribution in [0.4, 0.5) is 0 Å². The minimum absolute atomic E-state index is 0.0494. The number of nitrogens with one attached hydrogen (secondary N) is 1. The third-order valence-corrected chi connectivity index (χ3v) is 7.37. The Hall–Kier alpha value is -1.89. The maximum Gasteiger partial charge on any atom is 0.241 e. The maximum atomic E-state index is 12.6. The smallest absolute Gasteiger partial charge is 0.241 e. The van der Waals surface area contributed by atoms with Gasteiger partial charge >= 0.3 is 0 Å². The number of rotatable bonds is 5. The summed E-state index contributed by atoms with van der Waals surface area (Å²) in [7, 11) is -1.27. The number of carbonyl (C=O) groups excluding carboxylic acids is 2. The fraction of sp³-hybridized carbons (Fsp3) is 0.579. The molecule has 0 atom stereocenters. The third-order valence-electron chi connectivity index (χ3n) is 5.65. The van der Waals surface area contributed by atoms with Crippen LogP contribution in [0, 0.1) is 6.92 Å². The van der Waals surface area contributed by atoms with Gasteiger partial charge < -0.3 is 10.2 Å². The van der Waals surface area contributed by atoms with Gasteiger partial charge in [-0.25, -0.2) is 8.42 Å². The van der Waals surface area contributed by atoms with Gasteiger partial charge in [0.15, 0.2) is 0 Å². The van der Waals surface area contributed by atoms with Crippen molar-refractivity contribution in [1.82, 2.24) is 10.2 Å². The summed E-state index contributed by atoms with van der Waals surface area (Å²) in [5, 5.41) is 2.79. The van der Waals surface area contributed by atoms with Crippen LogP contribution in [0.1, 0.15) is 36.8 Å². The Morgan fingerprint density at radius 3 is 2.27 bits per heavy atom. The number of carbonyl (C=O) groups is 2. The molecular formula is C19H26N2O4S. The second-order valence-electron chi connectivity index (χ2n) is 7.52.